The van der Waals surface area contributed by atoms with Gasteiger partial charge >= 0.3 is 11.8 Å². The molecule has 1 aliphatic rings. The number of carbonyl (C=O) groups is 3. The summed E-state index contributed by atoms with van der Waals surface area (Å²) >= 11 is 1.46. The van der Waals surface area contributed by atoms with Crippen molar-refractivity contribution in [1.29, 1.82) is 0 Å². The Balaban J connectivity index is 1.77. The molecule has 0 aromatic carbocycles. The minimum atomic E-state index is -0.589. The van der Waals surface area contributed by atoms with Gasteiger partial charge in [-0.1, -0.05) is 13.8 Å². The van der Waals surface area contributed by atoms with Crippen LogP contribution in [0, 0.1) is 11.8 Å². The number of piperidine rings is 1. The predicted octanol–water partition coefficient (Wildman–Crippen LogP) is 1.54. The molecule has 0 aliphatic carbocycles. The van der Waals surface area contributed by atoms with E-state index in [4.69, 9.17) is 0 Å². The van der Waals surface area contributed by atoms with Crippen LogP contribution in [-0.4, -0.2) is 60.0 Å². The number of likely N-dealkylation sites (tertiary alicyclic amines) is 1. The molecular formula is C19H28N4O3S. The molecule has 2 heterocycles. The van der Waals surface area contributed by atoms with Crippen molar-refractivity contribution < 1.29 is 14.4 Å². The van der Waals surface area contributed by atoms with Gasteiger partial charge < -0.3 is 15.5 Å². The number of nitrogens with zero attached hydrogens (tertiary/aromatic N) is 2. The lowest BCUT2D eigenvalue weighted by molar-refractivity contribution is -0.139. The summed E-state index contributed by atoms with van der Waals surface area (Å²) < 4.78 is 0. The lowest BCUT2D eigenvalue weighted by atomic mass is 9.96. The van der Waals surface area contributed by atoms with Crippen molar-refractivity contribution >= 4 is 29.5 Å². The van der Waals surface area contributed by atoms with E-state index in [0.29, 0.717) is 37.7 Å². The molecule has 148 valence electrons. The van der Waals surface area contributed by atoms with Gasteiger partial charge in [-0.15, -0.1) is 11.8 Å². The molecular weight excluding hydrogens is 364 g/mol. The van der Waals surface area contributed by atoms with Gasteiger partial charge in [-0.25, -0.2) is 4.98 Å². The predicted molar refractivity (Wildman–Crippen MR) is 106 cm³/mol. The first-order chi connectivity index (χ1) is 12.9. The monoisotopic (exact) mass is 392 g/mol. The third-order valence-corrected chi connectivity index (χ3v) is 5.24. The molecule has 0 saturated carbocycles. The van der Waals surface area contributed by atoms with Crippen molar-refractivity contribution in [3.8, 4) is 0 Å². The van der Waals surface area contributed by atoms with E-state index in [1.807, 2.05) is 31.1 Å². The Kier molecular flexibility index (Phi) is 8.09. The molecule has 27 heavy (non-hydrogen) atoms. The Morgan fingerprint density at radius 1 is 1.22 bits per heavy atom. The summed E-state index contributed by atoms with van der Waals surface area (Å²) in [6.45, 7) is 6.17. The summed E-state index contributed by atoms with van der Waals surface area (Å²) in [5.74, 6) is -0.602. The Bertz CT molecular complexity index is 673. The normalized spacial score (nSPS) is 14.9. The van der Waals surface area contributed by atoms with Crippen molar-refractivity contribution in [1.82, 2.24) is 20.5 Å². The maximum Gasteiger partial charge on any atom is 0.309 e. The van der Waals surface area contributed by atoms with Crippen molar-refractivity contribution in [3.63, 3.8) is 0 Å². The zero-order valence-corrected chi connectivity index (χ0v) is 17.0. The third kappa shape index (κ3) is 6.23. The fourth-order valence-electron chi connectivity index (χ4n) is 2.92. The second kappa shape index (κ2) is 10.3. The van der Waals surface area contributed by atoms with Crippen molar-refractivity contribution in [3.05, 3.63) is 23.9 Å². The minimum Gasteiger partial charge on any atom is -0.348 e. The SMILES string of the molecule is CSc1ncccc1C(=O)N1CCC(CNC(=O)C(=O)NCC(C)C)CC1. The Hall–Kier alpha value is -2.09. The highest BCUT2D eigenvalue weighted by Crippen LogP contribution is 2.22. The average molecular weight is 393 g/mol. The average Bonchev–Trinajstić information content (AvgIpc) is 2.69. The van der Waals surface area contributed by atoms with Crippen LogP contribution in [-0.2, 0) is 9.59 Å². The number of hydrogen-bond acceptors (Lipinski definition) is 5. The van der Waals surface area contributed by atoms with E-state index in [0.717, 1.165) is 17.9 Å². The summed E-state index contributed by atoms with van der Waals surface area (Å²) in [4.78, 5) is 42.3. The van der Waals surface area contributed by atoms with Gasteiger partial charge in [-0.05, 0) is 43.1 Å². The van der Waals surface area contributed by atoms with Crippen LogP contribution < -0.4 is 10.6 Å². The largest absolute Gasteiger partial charge is 0.348 e. The fourth-order valence-corrected chi connectivity index (χ4v) is 3.46. The molecule has 2 N–H and O–H groups in total. The number of thioether (sulfide) groups is 1. The molecule has 0 unspecified atom stereocenters. The fraction of sp³-hybridized carbons (Fsp3) is 0.579. The quantitative estimate of drug-likeness (QED) is 0.566. The Morgan fingerprint density at radius 2 is 1.89 bits per heavy atom. The number of aromatic nitrogens is 1. The van der Waals surface area contributed by atoms with E-state index in [-0.39, 0.29) is 11.8 Å². The molecule has 2 rings (SSSR count). The van der Waals surface area contributed by atoms with Crippen LogP contribution >= 0.6 is 11.8 Å². The van der Waals surface area contributed by atoms with Gasteiger partial charge in [0.05, 0.1) is 5.56 Å². The van der Waals surface area contributed by atoms with Crippen LogP contribution in [0.5, 0.6) is 0 Å². The lowest BCUT2D eigenvalue weighted by Crippen LogP contribution is -2.45. The molecule has 3 amide bonds. The molecule has 1 saturated heterocycles. The highest BCUT2D eigenvalue weighted by Gasteiger charge is 2.26. The molecule has 7 nitrogen and oxygen atoms in total. The zero-order valence-electron chi connectivity index (χ0n) is 16.2. The van der Waals surface area contributed by atoms with E-state index in [1.54, 1.807) is 12.3 Å². The molecule has 0 radical (unpaired) electrons. The Labute approximate surface area is 164 Å². The van der Waals surface area contributed by atoms with E-state index < -0.39 is 11.8 Å². The summed E-state index contributed by atoms with van der Waals surface area (Å²) in [5, 5.41) is 6.05. The van der Waals surface area contributed by atoms with E-state index in [1.165, 1.54) is 11.8 Å². The van der Waals surface area contributed by atoms with E-state index >= 15 is 0 Å². The van der Waals surface area contributed by atoms with Crippen LogP contribution in [0.2, 0.25) is 0 Å². The number of carbonyl (C=O) groups excluding carboxylic acids is 3. The van der Waals surface area contributed by atoms with Crippen LogP contribution in [0.25, 0.3) is 0 Å². The number of nitrogens with one attached hydrogen (secondary N) is 2. The zero-order chi connectivity index (χ0) is 19.8. The van der Waals surface area contributed by atoms with Crippen molar-refractivity contribution in [2.45, 2.75) is 31.7 Å². The summed E-state index contributed by atoms with van der Waals surface area (Å²) in [7, 11) is 0. The Morgan fingerprint density at radius 3 is 2.52 bits per heavy atom. The summed E-state index contributed by atoms with van der Waals surface area (Å²) in [6, 6.07) is 3.59. The topological polar surface area (TPSA) is 91.4 Å². The number of pyridine rings is 1. The smallest absolute Gasteiger partial charge is 0.309 e. The van der Waals surface area contributed by atoms with Gasteiger partial charge in [0, 0.05) is 32.4 Å². The van der Waals surface area contributed by atoms with Crippen LogP contribution in [0.4, 0.5) is 0 Å². The van der Waals surface area contributed by atoms with Crippen LogP contribution in [0.3, 0.4) is 0 Å². The van der Waals surface area contributed by atoms with Gasteiger partial charge in [0.1, 0.15) is 5.03 Å². The van der Waals surface area contributed by atoms with Crippen molar-refractivity contribution in [2.24, 2.45) is 11.8 Å². The lowest BCUT2D eigenvalue weighted by Gasteiger charge is -2.32. The second-order valence-electron chi connectivity index (χ2n) is 7.11. The molecule has 0 bridgehead atoms. The maximum atomic E-state index is 12.7. The van der Waals surface area contributed by atoms with Gasteiger partial charge in [0.2, 0.25) is 0 Å². The summed E-state index contributed by atoms with van der Waals surface area (Å²) in [5.41, 5.74) is 0.638. The first-order valence-corrected chi connectivity index (χ1v) is 10.5. The van der Waals surface area contributed by atoms with Gasteiger partial charge in [-0.3, -0.25) is 14.4 Å². The summed E-state index contributed by atoms with van der Waals surface area (Å²) in [6.07, 6.45) is 5.20. The third-order valence-electron chi connectivity index (χ3n) is 4.53. The molecule has 0 atom stereocenters. The van der Waals surface area contributed by atoms with Crippen LogP contribution in [0.15, 0.2) is 23.4 Å². The molecule has 8 heteroatoms. The molecule has 1 aromatic heterocycles. The highest BCUT2D eigenvalue weighted by atomic mass is 32.2. The van der Waals surface area contributed by atoms with Crippen molar-refractivity contribution in [2.75, 3.05) is 32.4 Å². The number of rotatable bonds is 6. The highest BCUT2D eigenvalue weighted by molar-refractivity contribution is 7.98. The van der Waals surface area contributed by atoms with E-state index in [9.17, 15) is 14.4 Å². The number of hydrogen-bond donors (Lipinski definition) is 2. The molecule has 0 spiro atoms. The van der Waals surface area contributed by atoms with Gasteiger partial charge in [0.15, 0.2) is 0 Å². The standard InChI is InChI=1S/C19H28N4O3S/c1-13(2)11-21-16(24)17(25)22-12-14-6-9-23(10-7-14)19(26)15-5-4-8-20-18(15)27-3/h4-5,8,13-14H,6-7,9-12H2,1-3H3,(H,21,24)(H,22,25). The minimum absolute atomic E-state index is 0.00278. The first kappa shape index (κ1) is 21.2. The first-order valence-electron chi connectivity index (χ1n) is 9.26. The molecule has 1 fully saturated rings. The maximum absolute atomic E-state index is 12.7. The molecule has 1 aliphatic heterocycles. The molecule has 1 aromatic rings. The second-order valence-corrected chi connectivity index (χ2v) is 7.90. The van der Waals surface area contributed by atoms with Gasteiger partial charge in [0.25, 0.3) is 5.91 Å². The van der Waals surface area contributed by atoms with Crippen LogP contribution in [0.1, 0.15) is 37.0 Å². The number of amides is 3. The van der Waals surface area contributed by atoms with Gasteiger partial charge in [-0.2, -0.15) is 0 Å². The van der Waals surface area contributed by atoms with E-state index in [2.05, 4.69) is 15.6 Å².